The maximum absolute atomic E-state index is 13.7. The highest BCUT2D eigenvalue weighted by Crippen LogP contribution is 2.46. The average molecular weight is 499 g/mol. The van der Waals surface area contributed by atoms with Crippen molar-refractivity contribution in [2.45, 2.75) is 16.2 Å². The minimum absolute atomic E-state index is 0.0762. The smallest absolute Gasteiger partial charge is 0.284 e. The van der Waals surface area contributed by atoms with Gasteiger partial charge in [-0.1, -0.05) is 109 Å². The zero-order valence-corrected chi connectivity index (χ0v) is 20.3. The highest BCUT2D eigenvalue weighted by Gasteiger charge is 2.45. The van der Waals surface area contributed by atoms with Gasteiger partial charge in [-0.05, 0) is 29.8 Å². The van der Waals surface area contributed by atoms with Gasteiger partial charge < -0.3 is 4.90 Å². The maximum atomic E-state index is 13.7. The fourth-order valence-corrected chi connectivity index (χ4v) is 6.68. The van der Waals surface area contributed by atoms with E-state index in [9.17, 15) is 13.2 Å². The largest absolute Gasteiger partial charge is 0.311 e. The number of carbonyl (C=O) groups is 1. The van der Waals surface area contributed by atoms with E-state index in [4.69, 9.17) is 0 Å². The number of nitrogens with zero attached hydrogens (tertiary/aromatic N) is 2. The van der Waals surface area contributed by atoms with Crippen molar-refractivity contribution < 1.29 is 13.2 Å². The zero-order chi connectivity index (χ0) is 24.3. The molecule has 7 heteroatoms. The monoisotopic (exact) mass is 498 g/mol. The third-order valence-electron chi connectivity index (χ3n) is 5.73. The van der Waals surface area contributed by atoms with Crippen molar-refractivity contribution in [3.05, 3.63) is 132 Å². The Kier molecular flexibility index (Phi) is 6.53. The molecule has 4 aromatic carbocycles. The van der Waals surface area contributed by atoms with Gasteiger partial charge in [0, 0.05) is 11.3 Å². The molecule has 4 aromatic rings. The molecule has 0 aromatic heterocycles. The van der Waals surface area contributed by atoms with Gasteiger partial charge in [0.1, 0.15) is 5.25 Å². The summed E-state index contributed by atoms with van der Waals surface area (Å²) < 4.78 is 30.7. The quantitative estimate of drug-likeness (QED) is 0.306. The van der Waals surface area contributed by atoms with Gasteiger partial charge in [0.15, 0.2) is 11.0 Å². The van der Waals surface area contributed by atoms with Crippen molar-refractivity contribution in [1.29, 1.82) is 0 Å². The molecule has 0 amide bonds. The fourth-order valence-electron chi connectivity index (χ4n) is 4.10. The molecule has 0 saturated carbocycles. The summed E-state index contributed by atoms with van der Waals surface area (Å²) >= 11 is 1.19. The van der Waals surface area contributed by atoms with Gasteiger partial charge >= 0.3 is 0 Å². The Hall–Kier alpha value is -3.68. The van der Waals surface area contributed by atoms with E-state index >= 15 is 0 Å². The van der Waals surface area contributed by atoms with Crippen LogP contribution in [0.25, 0.3) is 0 Å². The molecule has 0 N–H and O–H groups in total. The molecule has 1 heterocycles. The average Bonchev–Trinajstić information content (AvgIpc) is 3.28. The first-order valence-electron chi connectivity index (χ1n) is 11.1. The predicted octanol–water partition coefficient (Wildman–Crippen LogP) is 5.98. The number of Topliss-reactive ketones (excluding diaryl/α,β-unsaturated/α-hetero) is 1. The van der Waals surface area contributed by atoms with Crippen molar-refractivity contribution in [2.24, 2.45) is 4.40 Å². The third kappa shape index (κ3) is 4.78. The second-order valence-corrected chi connectivity index (χ2v) is 10.7. The number of sulfonamides is 1. The van der Waals surface area contributed by atoms with Gasteiger partial charge in [-0.15, -0.1) is 4.40 Å². The van der Waals surface area contributed by atoms with E-state index in [0.29, 0.717) is 5.56 Å². The lowest BCUT2D eigenvalue weighted by atomic mass is 9.96. The Morgan fingerprint density at radius 1 is 0.714 bits per heavy atom. The number of para-hydroxylation sites is 1. The van der Waals surface area contributed by atoms with Crippen LogP contribution in [-0.4, -0.2) is 24.6 Å². The SMILES string of the molecule is O=C(c1ccccc1)[C@@H]1S/C(=N/S(=O)(=O)c2ccccc2)N(c2ccccc2)[C@H]1c1ccccc1. The summed E-state index contributed by atoms with van der Waals surface area (Å²) in [4.78, 5) is 15.7. The first kappa shape index (κ1) is 23.1. The Morgan fingerprint density at radius 2 is 1.23 bits per heavy atom. The summed E-state index contributed by atoms with van der Waals surface area (Å²) in [5.74, 6) is -0.0762. The predicted molar refractivity (Wildman–Crippen MR) is 141 cm³/mol. The van der Waals surface area contributed by atoms with E-state index in [1.807, 2.05) is 83.8 Å². The number of carbonyl (C=O) groups excluding carboxylic acids is 1. The number of rotatable bonds is 6. The van der Waals surface area contributed by atoms with Gasteiger partial charge in [0.05, 0.1) is 10.9 Å². The lowest BCUT2D eigenvalue weighted by Gasteiger charge is -2.28. The molecule has 1 aliphatic heterocycles. The lowest BCUT2D eigenvalue weighted by molar-refractivity contribution is 0.0983. The minimum Gasteiger partial charge on any atom is -0.311 e. The van der Waals surface area contributed by atoms with Crippen LogP contribution in [-0.2, 0) is 10.0 Å². The molecular formula is C28H22N2O3S2. The summed E-state index contributed by atoms with van der Waals surface area (Å²) in [6, 6.07) is 35.9. The summed E-state index contributed by atoms with van der Waals surface area (Å²) in [7, 11) is -3.99. The molecule has 1 aliphatic rings. The zero-order valence-electron chi connectivity index (χ0n) is 18.6. The third-order valence-corrected chi connectivity index (χ3v) is 8.36. The molecule has 5 nitrogen and oxygen atoms in total. The Bertz CT molecular complexity index is 1440. The van der Waals surface area contributed by atoms with E-state index in [-0.39, 0.29) is 15.8 Å². The van der Waals surface area contributed by atoms with Gasteiger partial charge in [-0.25, -0.2) is 0 Å². The Labute approximate surface area is 209 Å². The molecule has 5 rings (SSSR count). The number of benzene rings is 4. The summed E-state index contributed by atoms with van der Waals surface area (Å²) in [6.45, 7) is 0. The second kappa shape index (κ2) is 9.90. The molecule has 35 heavy (non-hydrogen) atoms. The topological polar surface area (TPSA) is 66.8 Å². The van der Waals surface area contributed by atoms with Crippen LogP contribution in [0.2, 0.25) is 0 Å². The van der Waals surface area contributed by atoms with Gasteiger partial charge in [0.2, 0.25) is 0 Å². The Morgan fingerprint density at radius 3 is 1.83 bits per heavy atom. The van der Waals surface area contributed by atoms with E-state index in [1.54, 1.807) is 30.3 Å². The summed E-state index contributed by atoms with van der Waals surface area (Å²) in [6.07, 6.45) is 0. The molecule has 2 atom stereocenters. The standard InChI is InChI=1S/C28H22N2O3S2/c31-26(22-15-7-2-8-16-22)27-25(21-13-5-1-6-14-21)30(23-17-9-3-10-18-23)28(34-27)29-35(32,33)24-19-11-4-12-20-24/h1-20,25,27H/b29-28+/t25-,27+/m0/s1. The van der Waals surface area contributed by atoms with E-state index < -0.39 is 21.3 Å². The van der Waals surface area contributed by atoms with Crippen LogP contribution in [0.3, 0.4) is 0 Å². The molecule has 0 spiro atoms. The molecule has 1 fully saturated rings. The molecular weight excluding hydrogens is 476 g/mol. The number of hydrogen-bond acceptors (Lipinski definition) is 4. The number of hydrogen-bond donors (Lipinski definition) is 0. The summed E-state index contributed by atoms with van der Waals surface area (Å²) in [5, 5.41) is -0.326. The normalized spacial score (nSPS) is 19.1. The first-order chi connectivity index (χ1) is 17.0. The highest BCUT2D eigenvalue weighted by molar-refractivity contribution is 8.16. The van der Waals surface area contributed by atoms with Crippen molar-refractivity contribution >= 4 is 38.4 Å². The van der Waals surface area contributed by atoms with E-state index in [2.05, 4.69) is 4.40 Å². The van der Waals surface area contributed by atoms with E-state index in [0.717, 1.165) is 11.3 Å². The van der Waals surface area contributed by atoms with Crippen LogP contribution in [0.1, 0.15) is 22.0 Å². The summed E-state index contributed by atoms with van der Waals surface area (Å²) in [5.41, 5.74) is 2.24. The highest BCUT2D eigenvalue weighted by atomic mass is 32.2. The maximum Gasteiger partial charge on any atom is 0.284 e. The molecule has 0 aliphatic carbocycles. The molecule has 0 radical (unpaired) electrons. The van der Waals surface area contributed by atoms with Crippen LogP contribution in [0.15, 0.2) is 131 Å². The van der Waals surface area contributed by atoms with Crippen LogP contribution in [0, 0.1) is 0 Å². The van der Waals surface area contributed by atoms with Crippen LogP contribution in [0.4, 0.5) is 5.69 Å². The van der Waals surface area contributed by atoms with E-state index in [1.165, 1.54) is 23.9 Å². The molecule has 1 saturated heterocycles. The number of anilines is 1. The van der Waals surface area contributed by atoms with Crippen molar-refractivity contribution in [2.75, 3.05) is 4.90 Å². The minimum atomic E-state index is -3.99. The molecule has 174 valence electrons. The molecule has 0 unspecified atom stereocenters. The van der Waals surface area contributed by atoms with Crippen molar-refractivity contribution in [3.8, 4) is 0 Å². The fraction of sp³-hybridized carbons (Fsp3) is 0.0714. The Balaban J connectivity index is 1.68. The van der Waals surface area contributed by atoms with Crippen LogP contribution in [0.5, 0.6) is 0 Å². The van der Waals surface area contributed by atoms with Crippen molar-refractivity contribution in [1.82, 2.24) is 0 Å². The number of thioether (sulfide) groups is 1. The van der Waals surface area contributed by atoms with Crippen molar-refractivity contribution in [3.63, 3.8) is 0 Å². The lowest BCUT2D eigenvalue weighted by Crippen LogP contribution is -2.33. The van der Waals surface area contributed by atoms with Gasteiger partial charge in [-0.2, -0.15) is 8.42 Å². The molecule has 0 bridgehead atoms. The number of amidine groups is 1. The van der Waals surface area contributed by atoms with Crippen LogP contribution >= 0.6 is 11.8 Å². The van der Waals surface area contributed by atoms with Gasteiger partial charge in [-0.3, -0.25) is 4.79 Å². The first-order valence-corrected chi connectivity index (χ1v) is 13.4. The number of ketones is 1. The van der Waals surface area contributed by atoms with Gasteiger partial charge in [0.25, 0.3) is 10.0 Å². The van der Waals surface area contributed by atoms with Crippen LogP contribution < -0.4 is 4.90 Å². The second-order valence-electron chi connectivity index (χ2n) is 7.99.